The molecule has 3 rings (SSSR count). The fourth-order valence-corrected chi connectivity index (χ4v) is 3.87. The lowest BCUT2D eigenvalue weighted by Gasteiger charge is -2.47. The highest BCUT2D eigenvalue weighted by atomic mass is 16.6. The Morgan fingerprint density at radius 1 is 1.04 bits per heavy atom. The van der Waals surface area contributed by atoms with Gasteiger partial charge in [-0.15, -0.1) is 0 Å². The molecule has 25 heavy (non-hydrogen) atoms. The average molecular weight is 347 g/mol. The smallest absolute Gasteiger partial charge is 0.344 e. The maximum atomic E-state index is 11.6. The lowest BCUT2D eigenvalue weighted by molar-refractivity contribution is -0.148. The second-order valence-corrected chi connectivity index (χ2v) is 6.83. The number of ether oxygens (including phenoxy) is 3. The highest BCUT2D eigenvalue weighted by Gasteiger charge is 2.47. The van der Waals surface area contributed by atoms with Gasteiger partial charge in [-0.3, -0.25) is 9.69 Å². The molecule has 0 amide bonds. The molecule has 6 nitrogen and oxygen atoms in total. The first-order chi connectivity index (χ1) is 12.0. The molecule has 6 heteroatoms. The Morgan fingerprint density at radius 2 is 1.72 bits per heavy atom. The zero-order chi connectivity index (χ0) is 17.9. The number of hydrogen-bond donors (Lipinski definition) is 0. The summed E-state index contributed by atoms with van der Waals surface area (Å²) >= 11 is 0. The van der Waals surface area contributed by atoms with E-state index in [0.717, 1.165) is 25.9 Å². The summed E-state index contributed by atoms with van der Waals surface area (Å²) in [5.74, 6) is 0.196. The Hall–Kier alpha value is -2.08. The lowest BCUT2D eigenvalue weighted by Crippen LogP contribution is -2.58. The summed E-state index contributed by atoms with van der Waals surface area (Å²) in [6.07, 6.45) is 2.01. The van der Waals surface area contributed by atoms with Crippen LogP contribution in [0.25, 0.3) is 0 Å². The molecule has 0 saturated carbocycles. The second kappa shape index (κ2) is 7.44. The predicted octanol–water partition coefficient (Wildman–Crippen LogP) is 1.59. The van der Waals surface area contributed by atoms with Crippen LogP contribution in [0.2, 0.25) is 0 Å². The van der Waals surface area contributed by atoms with Crippen LogP contribution in [-0.2, 0) is 31.9 Å². The highest BCUT2D eigenvalue weighted by molar-refractivity contribution is 5.72. The first-order valence-corrected chi connectivity index (χ1v) is 8.82. The van der Waals surface area contributed by atoms with Crippen LogP contribution in [0.1, 0.15) is 25.0 Å². The normalized spacial score (nSPS) is 17.7. The van der Waals surface area contributed by atoms with Crippen LogP contribution in [0.5, 0.6) is 5.75 Å². The standard InChI is InChI=1S/C19H25NO5/c1-3-23-17(21)10-20-12-19(13-20)8-14-5-6-16(7-15(14)9-19)25-11-18(22)24-4-2/h5-7H,3-4,8-13H2,1-2H3. The van der Waals surface area contributed by atoms with Gasteiger partial charge in [-0.25, -0.2) is 4.79 Å². The van der Waals surface area contributed by atoms with Crippen molar-refractivity contribution in [2.45, 2.75) is 26.7 Å². The molecule has 0 atom stereocenters. The van der Waals surface area contributed by atoms with Crippen molar-refractivity contribution in [3.05, 3.63) is 29.3 Å². The third-order valence-electron chi connectivity index (χ3n) is 4.75. The van der Waals surface area contributed by atoms with Gasteiger partial charge in [0.05, 0.1) is 19.8 Å². The molecule has 1 saturated heterocycles. The molecule has 0 N–H and O–H groups in total. The zero-order valence-electron chi connectivity index (χ0n) is 14.9. The van der Waals surface area contributed by atoms with Gasteiger partial charge < -0.3 is 14.2 Å². The molecule has 136 valence electrons. The SMILES string of the molecule is CCOC(=O)COc1ccc2c(c1)CC1(C2)CN(CC(=O)OCC)C1. The van der Waals surface area contributed by atoms with E-state index >= 15 is 0 Å². The Balaban J connectivity index is 1.52. The fourth-order valence-electron chi connectivity index (χ4n) is 3.87. The van der Waals surface area contributed by atoms with E-state index in [2.05, 4.69) is 11.0 Å². The van der Waals surface area contributed by atoms with Crippen molar-refractivity contribution in [2.75, 3.05) is 39.5 Å². The van der Waals surface area contributed by atoms with Crippen LogP contribution in [0.4, 0.5) is 0 Å². The monoisotopic (exact) mass is 347 g/mol. The Kier molecular flexibility index (Phi) is 5.27. The Morgan fingerprint density at radius 3 is 2.44 bits per heavy atom. The van der Waals surface area contributed by atoms with Crippen molar-refractivity contribution in [3.63, 3.8) is 0 Å². The van der Waals surface area contributed by atoms with Crippen LogP contribution in [0.3, 0.4) is 0 Å². The van der Waals surface area contributed by atoms with Crippen molar-refractivity contribution < 1.29 is 23.8 Å². The predicted molar refractivity (Wildman–Crippen MR) is 91.5 cm³/mol. The van der Waals surface area contributed by atoms with E-state index in [9.17, 15) is 9.59 Å². The van der Waals surface area contributed by atoms with Crippen LogP contribution in [-0.4, -0.2) is 56.3 Å². The summed E-state index contributed by atoms with van der Waals surface area (Å²) in [7, 11) is 0. The molecule has 1 spiro atoms. The molecule has 0 unspecified atom stereocenters. The van der Waals surface area contributed by atoms with E-state index in [4.69, 9.17) is 14.2 Å². The number of nitrogens with zero attached hydrogens (tertiary/aromatic N) is 1. The molecule has 0 aromatic heterocycles. The van der Waals surface area contributed by atoms with Crippen molar-refractivity contribution in [1.82, 2.24) is 4.90 Å². The Bertz CT molecular complexity index is 651. The van der Waals surface area contributed by atoms with Gasteiger partial charge in [-0.2, -0.15) is 0 Å². The molecule has 1 fully saturated rings. The van der Waals surface area contributed by atoms with Gasteiger partial charge in [0.2, 0.25) is 0 Å². The van der Waals surface area contributed by atoms with E-state index < -0.39 is 0 Å². The number of carbonyl (C=O) groups is 2. The van der Waals surface area contributed by atoms with E-state index in [1.165, 1.54) is 11.1 Å². The molecule has 1 aliphatic carbocycles. The fraction of sp³-hybridized carbons (Fsp3) is 0.579. The average Bonchev–Trinajstić information content (AvgIpc) is 2.91. The van der Waals surface area contributed by atoms with Crippen LogP contribution < -0.4 is 4.74 Å². The van der Waals surface area contributed by atoms with E-state index in [1.807, 2.05) is 19.1 Å². The number of carbonyl (C=O) groups excluding carboxylic acids is 2. The van der Waals surface area contributed by atoms with Gasteiger partial charge in [0, 0.05) is 18.5 Å². The van der Waals surface area contributed by atoms with Crippen molar-refractivity contribution >= 4 is 11.9 Å². The summed E-state index contributed by atoms with van der Waals surface area (Å²) < 4.78 is 15.4. The second-order valence-electron chi connectivity index (χ2n) is 6.83. The zero-order valence-corrected chi connectivity index (χ0v) is 14.9. The van der Waals surface area contributed by atoms with E-state index in [-0.39, 0.29) is 24.0 Å². The molecular formula is C19H25NO5. The topological polar surface area (TPSA) is 65.1 Å². The van der Waals surface area contributed by atoms with Gasteiger partial charge in [0.15, 0.2) is 6.61 Å². The Labute approximate surface area is 148 Å². The maximum absolute atomic E-state index is 11.6. The molecule has 0 bridgehead atoms. The van der Waals surface area contributed by atoms with Gasteiger partial charge in [-0.1, -0.05) is 6.07 Å². The van der Waals surface area contributed by atoms with E-state index in [0.29, 0.717) is 25.5 Å². The van der Waals surface area contributed by atoms with Gasteiger partial charge >= 0.3 is 11.9 Å². The summed E-state index contributed by atoms with van der Waals surface area (Å²) in [5.41, 5.74) is 2.84. The number of likely N-dealkylation sites (tertiary alicyclic amines) is 1. The van der Waals surface area contributed by atoms with Crippen LogP contribution in [0, 0.1) is 5.41 Å². The molecule has 0 radical (unpaired) electrons. The molecular weight excluding hydrogens is 322 g/mol. The molecule has 1 aromatic carbocycles. The highest BCUT2D eigenvalue weighted by Crippen LogP contribution is 2.44. The largest absolute Gasteiger partial charge is 0.482 e. The van der Waals surface area contributed by atoms with Crippen LogP contribution in [0.15, 0.2) is 18.2 Å². The maximum Gasteiger partial charge on any atom is 0.344 e. The molecule has 1 heterocycles. The van der Waals surface area contributed by atoms with Gasteiger partial charge in [0.25, 0.3) is 0 Å². The number of esters is 2. The van der Waals surface area contributed by atoms with Crippen molar-refractivity contribution in [1.29, 1.82) is 0 Å². The quantitative estimate of drug-likeness (QED) is 0.698. The lowest BCUT2D eigenvalue weighted by atomic mass is 9.77. The van der Waals surface area contributed by atoms with Gasteiger partial charge in [0.1, 0.15) is 5.75 Å². The minimum absolute atomic E-state index is 0.0644. The first kappa shape index (κ1) is 17.7. The number of fused-ring (bicyclic) bond motifs is 1. The number of rotatable bonds is 7. The molecule has 1 aromatic rings. The van der Waals surface area contributed by atoms with Gasteiger partial charge in [-0.05, 0) is 49.9 Å². The number of benzene rings is 1. The third kappa shape index (κ3) is 4.12. The summed E-state index contributed by atoms with van der Waals surface area (Å²) in [4.78, 5) is 25.1. The summed E-state index contributed by atoms with van der Waals surface area (Å²) in [5, 5.41) is 0. The van der Waals surface area contributed by atoms with Crippen LogP contribution >= 0.6 is 0 Å². The summed E-state index contributed by atoms with van der Waals surface area (Å²) in [6, 6.07) is 6.02. The van der Waals surface area contributed by atoms with E-state index in [1.54, 1.807) is 6.92 Å². The first-order valence-electron chi connectivity index (χ1n) is 8.82. The number of hydrogen-bond acceptors (Lipinski definition) is 6. The minimum Gasteiger partial charge on any atom is -0.482 e. The summed E-state index contributed by atoms with van der Waals surface area (Å²) in [6.45, 7) is 6.53. The third-order valence-corrected chi connectivity index (χ3v) is 4.75. The molecule has 1 aliphatic heterocycles. The minimum atomic E-state index is -0.354. The molecule has 2 aliphatic rings. The van der Waals surface area contributed by atoms with Crippen molar-refractivity contribution in [2.24, 2.45) is 5.41 Å². The van der Waals surface area contributed by atoms with Crippen molar-refractivity contribution in [3.8, 4) is 5.75 Å².